The molecular weight excluding hydrogens is 354 g/mol. The van der Waals surface area contributed by atoms with Gasteiger partial charge in [0.1, 0.15) is 5.82 Å². The molecule has 134 valence electrons. The number of alkyl halides is 3. The van der Waals surface area contributed by atoms with Gasteiger partial charge in [0.15, 0.2) is 5.84 Å². The van der Waals surface area contributed by atoms with Crippen LogP contribution < -0.4 is 11.3 Å². The van der Waals surface area contributed by atoms with Crippen LogP contribution in [0.3, 0.4) is 0 Å². The van der Waals surface area contributed by atoms with E-state index in [-0.39, 0.29) is 33.4 Å². The van der Waals surface area contributed by atoms with Gasteiger partial charge in [-0.05, 0) is 41.5 Å². The van der Waals surface area contributed by atoms with Gasteiger partial charge in [-0.2, -0.15) is 13.2 Å². The van der Waals surface area contributed by atoms with Gasteiger partial charge in [0.2, 0.25) is 5.56 Å². The zero-order valence-electron chi connectivity index (χ0n) is 12.9. The first-order valence-electron chi connectivity index (χ1n) is 7.22. The SMILES string of the molecule is NC(=NO)c1cc(F)cc(-c2ccc3[nH]c(=O)cc(C(F)(F)F)c3c2)c1. The van der Waals surface area contributed by atoms with Gasteiger partial charge in [-0.25, -0.2) is 4.39 Å². The molecule has 3 rings (SSSR count). The average Bonchev–Trinajstić information content (AvgIpc) is 2.58. The van der Waals surface area contributed by atoms with Crippen LogP contribution in [0.25, 0.3) is 22.0 Å². The van der Waals surface area contributed by atoms with E-state index >= 15 is 0 Å². The average molecular weight is 365 g/mol. The number of aromatic amines is 1. The minimum Gasteiger partial charge on any atom is -0.409 e. The number of hydrogen-bond donors (Lipinski definition) is 3. The van der Waals surface area contributed by atoms with Gasteiger partial charge in [0.05, 0.1) is 5.56 Å². The molecule has 0 aliphatic rings. The fraction of sp³-hybridized carbons (Fsp3) is 0.0588. The van der Waals surface area contributed by atoms with E-state index in [9.17, 15) is 22.4 Å². The Hall–Kier alpha value is -3.36. The molecule has 1 aromatic heterocycles. The van der Waals surface area contributed by atoms with Crippen molar-refractivity contribution in [3.05, 3.63) is 69.8 Å². The Kier molecular flexibility index (Phi) is 4.15. The van der Waals surface area contributed by atoms with E-state index in [4.69, 9.17) is 10.9 Å². The van der Waals surface area contributed by atoms with Crippen LogP contribution in [0.15, 0.2) is 52.4 Å². The van der Waals surface area contributed by atoms with Gasteiger partial charge < -0.3 is 15.9 Å². The first-order valence-corrected chi connectivity index (χ1v) is 7.22. The first-order chi connectivity index (χ1) is 12.2. The van der Waals surface area contributed by atoms with E-state index in [1.807, 2.05) is 0 Å². The van der Waals surface area contributed by atoms with Crippen molar-refractivity contribution in [2.24, 2.45) is 10.9 Å². The van der Waals surface area contributed by atoms with Crippen LogP contribution in [-0.2, 0) is 6.18 Å². The van der Waals surface area contributed by atoms with Crippen molar-refractivity contribution >= 4 is 16.7 Å². The largest absolute Gasteiger partial charge is 0.417 e. The van der Waals surface area contributed by atoms with Crippen molar-refractivity contribution in [1.29, 1.82) is 0 Å². The number of halogens is 4. The molecule has 0 saturated heterocycles. The maximum absolute atomic E-state index is 13.8. The van der Waals surface area contributed by atoms with Gasteiger partial charge in [-0.1, -0.05) is 11.2 Å². The van der Waals surface area contributed by atoms with Crippen LogP contribution in [-0.4, -0.2) is 16.0 Å². The summed E-state index contributed by atoms with van der Waals surface area (Å²) >= 11 is 0. The minimum absolute atomic E-state index is 0.00151. The van der Waals surface area contributed by atoms with Crippen LogP contribution in [0.2, 0.25) is 0 Å². The number of amidine groups is 1. The number of rotatable bonds is 2. The van der Waals surface area contributed by atoms with Crippen molar-refractivity contribution in [3.8, 4) is 11.1 Å². The predicted octanol–water partition coefficient (Wildman–Crippen LogP) is 3.45. The molecule has 2 aromatic carbocycles. The molecule has 0 aliphatic heterocycles. The molecule has 26 heavy (non-hydrogen) atoms. The molecule has 0 unspecified atom stereocenters. The summed E-state index contributed by atoms with van der Waals surface area (Å²) in [7, 11) is 0. The molecule has 5 nitrogen and oxygen atoms in total. The highest BCUT2D eigenvalue weighted by molar-refractivity contribution is 5.98. The number of nitrogens with zero attached hydrogens (tertiary/aromatic N) is 1. The molecule has 0 spiro atoms. The third-order valence-corrected chi connectivity index (χ3v) is 3.78. The first kappa shape index (κ1) is 17.5. The number of oxime groups is 1. The standard InChI is InChI=1S/C17H11F4N3O2/c18-11-4-9(3-10(5-11)16(22)24-26)8-1-2-14-12(6-8)13(17(19,20)21)7-15(25)23-14/h1-7,26H,(H2,22,24)(H,23,25). The zero-order valence-corrected chi connectivity index (χ0v) is 12.9. The van der Waals surface area contributed by atoms with Crippen LogP contribution in [0.5, 0.6) is 0 Å². The second kappa shape index (κ2) is 6.17. The lowest BCUT2D eigenvalue weighted by Gasteiger charge is -2.12. The Bertz CT molecular complexity index is 1090. The van der Waals surface area contributed by atoms with Crippen molar-refractivity contribution in [1.82, 2.24) is 4.98 Å². The Morgan fingerprint density at radius 2 is 1.81 bits per heavy atom. The van der Waals surface area contributed by atoms with Crippen molar-refractivity contribution in [2.45, 2.75) is 6.18 Å². The third-order valence-electron chi connectivity index (χ3n) is 3.78. The Morgan fingerprint density at radius 1 is 1.08 bits per heavy atom. The Morgan fingerprint density at radius 3 is 2.46 bits per heavy atom. The van der Waals surface area contributed by atoms with Gasteiger partial charge in [-0.15, -0.1) is 0 Å². The number of fused-ring (bicyclic) bond motifs is 1. The van der Waals surface area contributed by atoms with Crippen molar-refractivity contribution < 1.29 is 22.8 Å². The predicted molar refractivity (Wildman–Crippen MR) is 87.5 cm³/mol. The highest BCUT2D eigenvalue weighted by Crippen LogP contribution is 2.35. The number of H-pyrrole nitrogens is 1. The molecule has 0 bridgehead atoms. The van der Waals surface area contributed by atoms with Crippen LogP contribution in [0, 0.1) is 5.82 Å². The monoisotopic (exact) mass is 365 g/mol. The molecule has 4 N–H and O–H groups in total. The van der Waals surface area contributed by atoms with E-state index in [2.05, 4.69) is 10.1 Å². The number of hydrogen-bond acceptors (Lipinski definition) is 3. The summed E-state index contributed by atoms with van der Waals surface area (Å²) in [5.41, 5.74) is 4.04. The van der Waals surface area contributed by atoms with E-state index < -0.39 is 23.1 Å². The molecule has 0 atom stereocenters. The van der Waals surface area contributed by atoms with E-state index in [1.54, 1.807) is 0 Å². The van der Waals surface area contributed by atoms with E-state index in [0.717, 1.165) is 12.1 Å². The highest BCUT2D eigenvalue weighted by Gasteiger charge is 2.33. The number of nitrogens with two attached hydrogens (primary N) is 1. The summed E-state index contributed by atoms with van der Waals surface area (Å²) < 4.78 is 53.5. The van der Waals surface area contributed by atoms with Gasteiger partial charge >= 0.3 is 6.18 Å². The second-order valence-electron chi connectivity index (χ2n) is 5.52. The minimum atomic E-state index is -4.73. The molecule has 1 heterocycles. The molecule has 0 radical (unpaired) electrons. The summed E-state index contributed by atoms with van der Waals surface area (Å²) in [5, 5.41) is 11.3. The second-order valence-corrected chi connectivity index (χ2v) is 5.52. The van der Waals surface area contributed by atoms with Crippen LogP contribution in [0.1, 0.15) is 11.1 Å². The van der Waals surface area contributed by atoms with Gasteiger partial charge in [0, 0.05) is 22.5 Å². The normalized spacial score (nSPS) is 12.5. The molecule has 3 aromatic rings. The molecule has 0 saturated carbocycles. The lowest BCUT2D eigenvalue weighted by Crippen LogP contribution is -2.14. The van der Waals surface area contributed by atoms with E-state index in [0.29, 0.717) is 6.07 Å². The Labute approximate surface area is 143 Å². The van der Waals surface area contributed by atoms with Gasteiger partial charge in [-0.3, -0.25) is 4.79 Å². The number of nitrogens with one attached hydrogen (secondary N) is 1. The number of pyridine rings is 1. The van der Waals surface area contributed by atoms with Crippen LogP contribution >= 0.6 is 0 Å². The third kappa shape index (κ3) is 3.23. The van der Waals surface area contributed by atoms with Gasteiger partial charge in [0.25, 0.3) is 0 Å². The maximum atomic E-state index is 13.8. The van der Waals surface area contributed by atoms with E-state index in [1.165, 1.54) is 24.3 Å². The number of aromatic nitrogens is 1. The summed E-state index contributed by atoms with van der Waals surface area (Å²) in [6.45, 7) is 0. The Balaban J connectivity index is 2.26. The summed E-state index contributed by atoms with van der Waals surface area (Å²) in [6, 6.07) is 7.90. The molecular formula is C17H11F4N3O2. The van der Waals surface area contributed by atoms with Crippen molar-refractivity contribution in [3.63, 3.8) is 0 Å². The highest BCUT2D eigenvalue weighted by atomic mass is 19.4. The fourth-order valence-electron chi connectivity index (χ4n) is 2.63. The maximum Gasteiger partial charge on any atom is 0.417 e. The lowest BCUT2D eigenvalue weighted by molar-refractivity contribution is -0.136. The lowest BCUT2D eigenvalue weighted by atomic mass is 9.99. The van der Waals surface area contributed by atoms with Crippen LogP contribution in [0.4, 0.5) is 17.6 Å². The molecule has 0 fully saturated rings. The molecule has 0 amide bonds. The summed E-state index contributed by atoms with van der Waals surface area (Å²) in [5.74, 6) is -1.05. The number of benzene rings is 2. The topological polar surface area (TPSA) is 91.5 Å². The quantitative estimate of drug-likeness (QED) is 0.214. The fourth-order valence-corrected chi connectivity index (χ4v) is 2.63. The summed E-state index contributed by atoms with van der Waals surface area (Å²) in [6.07, 6.45) is -4.73. The van der Waals surface area contributed by atoms with Crippen molar-refractivity contribution in [2.75, 3.05) is 0 Å². The zero-order chi connectivity index (χ0) is 19.1. The molecule has 9 heteroatoms. The molecule has 0 aliphatic carbocycles. The summed E-state index contributed by atoms with van der Waals surface area (Å²) in [4.78, 5) is 13.8. The smallest absolute Gasteiger partial charge is 0.409 e.